The lowest BCUT2D eigenvalue weighted by Gasteiger charge is -2.32. The summed E-state index contributed by atoms with van der Waals surface area (Å²) in [6.45, 7) is 9.14. The molecule has 1 aromatic heterocycles. The highest BCUT2D eigenvalue weighted by Gasteiger charge is 2.50. The zero-order chi connectivity index (χ0) is 15.8. The Labute approximate surface area is 124 Å². The number of nitrogens with zero attached hydrogens (tertiary/aromatic N) is 1. The fraction of sp³-hybridized carbons (Fsp3) is 0.467. The van der Waals surface area contributed by atoms with Crippen LogP contribution >= 0.6 is 0 Å². The summed E-state index contributed by atoms with van der Waals surface area (Å²) in [5.41, 5.74) is -0.506. The third kappa shape index (κ3) is 3.22. The summed E-state index contributed by atoms with van der Waals surface area (Å²) in [4.78, 5) is 15.3. The smallest absolute Gasteiger partial charge is 0.400 e. The van der Waals surface area contributed by atoms with Gasteiger partial charge in [-0.2, -0.15) is 0 Å². The molecular weight excluding hydrogens is 272 g/mol. The van der Waals surface area contributed by atoms with Gasteiger partial charge in [0.1, 0.15) is 5.69 Å². The molecule has 0 amide bonds. The van der Waals surface area contributed by atoms with Gasteiger partial charge < -0.3 is 9.31 Å². The fourth-order valence-electron chi connectivity index (χ4n) is 1.94. The highest BCUT2D eigenvalue weighted by atomic mass is 19.1. The lowest BCUT2D eigenvalue weighted by molar-refractivity contribution is 0.00578. The lowest BCUT2D eigenvalue weighted by atomic mass is 9.89. The average molecular weight is 291 g/mol. The summed E-state index contributed by atoms with van der Waals surface area (Å²) in [7, 11) is -0.498. The van der Waals surface area contributed by atoms with Gasteiger partial charge in [0, 0.05) is 6.92 Å². The Bertz CT molecular complexity index is 583. The van der Waals surface area contributed by atoms with Gasteiger partial charge >= 0.3 is 7.12 Å². The molecule has 0 bridgehead atoms. The number of aromatic nitrogens is 1. The van der Waals surface area contributed by atoms with E-state index in [2.05, 4.69) is 4.98 Å². The van der Waals surface area contributed by atoms with Crippen LogP contribution in [0.5, 0.6) is 0 Å². The molecule has 1 aliphatic rings. The van der Waals surface area contributed by atoms with Crippen molar-refractivity contribution in [1.82, 2.24) is 4.98 Å². The lowest BCUT2D eigenvalue weighted by Crippen LogP contribution is -2.41. The molecule has 0 aliphatic carbocycles. The molecule has 1 saturated heterocycles. The van der Waals surface area contributed by atoms with Crippen molar-refractivity contribution in [3.63, 3.8) is 0 Å². The van der Waals surface area contributed by atoms with Crippen LogP contribution in [-0.4, -0.2) is 29.1 Å². The highest BCUT2D eigenvalue weighted by molar-refractivity contribution is 6.52. The maximum Gasteiger partial charge on any atom is 0.487 e. The molecule has 0 radical (unpaired) electrons. The standard InChI is InChI=1S/C15H19BFNO3/c1-10(19)13-12(17)7-6-11(18-13)8-9-16-20-14(2,3)15(4,5)21-16/h6-9H,1-5H3/b9-8+. The van der Waals surface area contributed by atoms with Crippen molar-refractivity contribution in [1.29, 1.82) is 0 Å². The van der Waals surface area contributed by atoms with Gasteiger partial charge in [-0.3, -0.25) is 4.79 Å². The Morgan fingerprint density at radius 3 is 2.33 bits per heavy atom. The molecule has 0 atom stereocenters. The summed E-state index contributed by atoms with van der Waals surface area (Å²) in [6.07, 6.45) is 1.66. The predicted molar refractivity (Wildman–Crippen MR) is 79.3 cm³/mol. The van der Waals surface area contributed by atoms with Crippen molar-refractivity contribution < 1.29 is 18.5 Å². The summed E-state index contributed by atoms with van der Waals surface area (Å²) >= 11 is 0. The molecule has 1 fully saturated rings. The molecule has 0 saturated carbocycles. The monoisotopic (exact) mass is 291 g/mol. The van der Waals surface area contributed by atoms with Gasteiger partial charge in [-0.25, -0.2) is 9.37 Å². The topological polar surface area (TPSA) is 48.4 Å². The van der Waals surface area contributed by atoms with E-state index in [0.717, 1.165) is 0 Å². The molecule has 0 spiro atoms. The second-order valence-electron chi connectivity index (χ2n) is 6.11. The molecule has 1 aromatic rings. The van der Waals surface area contributed by atoms with E-state index in [1.54, 1.807) is 12.1 Å². The summed E-state index contributed by atoms with van der Waals surface area (Å²) < 4.78 is 25.0. The van der Waals surface area contributed by atoms with Crippen molar-refractivity contribution in [3.8, 4) is 0 Å². The first-order valence-corrected chi connectivity index (χ1v) is 6.84. The maximum absolute atomic E-state index is 13.4. The van der Waals surface area contributed by atoms with Crippen LogP contribution in [0.1, 0.15) is 50.8 Å². The average Bonchev–Trinajstić information content (AvgIpc) is 2.56. The summed E-state index contributed by atoms with van der Waals surface area (Å²) in [5.74, 6) is 0.689. The van der Waals surface area contributed by atoms with Crippen molar-refractivity contribution in [2.45, 2.75) is 45.8 Å². The molecule has 21 heavy (non-hydrogen) atoms. The first-order valence-electron chi connectivity index (χ1n) is 6.84. The van der Waals surface area contributed by atoms with Gasteiger partial charge in [-0.05, 0) is 45.9 Å². The van der Waals surface area contributed by atoms with E-state index in [-0.39, 0.29) is 5.69 Å². The Morgan fingerprint density at radius 2 is 1.81 bits per heavy atom. The third-order valence-corrected chi connectivity index (χ3v) is 3.90. The van der Waals surface area contributed by atoms with Crippen LogP contribution in [0.25, 0.3) is 6.08 Å². The molecule has 6 heteroatoms. The Balaban J connectivity index is 2.16. The molecule has 0 N–H and O–H groups in total. The van der Waals surface area contributed by atoms with E-state index >= 15 is 0 Å². The van der Waals surface area contributed by atoms with E-state index in [4.69, 9.17) is 9.31 Å². The van der Waals surface area contributed by atoms with Crippen LogP contribution in [0.15, 0.2) is 18.1 Å². The highest BCUT2D eigenvalue weighted by Crippen LogP contribution is 2.36. The quantitative estimate of drug-likeness (QED) is 0.634. The van der Waals surface area contributed by atoms with E-state index in [9.17, 15) is 9.18 Å². The van der Waals surface area contributed by atoms with Crippen molar-refractivity contribution in [2.24, 2.45) is 0 Å². The number of hydrogen-bond donors (Lipinski definition) is 0. The molecular formula is C15H19BFNO3. The van der Waals surface area contributed by atoms with Gasteiger partial charge in [0.2, 0.25) is 0 Å². The minimum Gasteiger partial charge on any atom is -0.400 e. The summed E-state index contributed by atoms with van der Waals surface area (Å²) in [5, 5.41) is 0. The van der Waals surface area contributed by atoms with Crippen molar-refractivity contribution in [3.05, 3.63) is 35.3 Å². The Hall–Kier alpha value is -1.53. The minimum absolute atomic E-state index is 0.161. The first-order chi connectivity index (χ1) is 9.62. The van der Waals surface area contributed by atoms with Gasteiger partial charge in [0.05, 0.1) is 16.9 Å². The van der Waals surface area contributed by atoms with Crippen LogP contribution in [0.4, 0.5) is 4.39 Å². The number of rotatable bonds is 3. The van der Waals surface area contributed by atoms with Gasteiger partial charge in [0.15, 0.2) is 11.6 Å². The molecule has 0 unspecified atom stereocenters. The normalized spacial score (nSPS) is 20.2. The molecule has 1 aliphatic heterocycles. The van der Waals surface area contributed by atoms with Crippen LogP contribution < -0.4 is 0 Å². The van der Waals surface area contributed by atoms with Gasteiger partial charge in [-0.1, -0.05) is 5.98 Å². The zero-order valence-electron chi connectivity index (χ0n) is 12.9. The number of carbonyl (C=O) groups excluding carboxylic acids is 1. The molecule has 0 aromatic carbocycles. The molecule has 4 nitrogen and oxygen atoms in total. The van der Waals surface area contributed by atoms with E-state index in [1.165, 1.54) is 19.1 Å². The summed E-state index contributed by atoms with van der Waals surface area (Å²) in [6, 6.07) is 2.73. The van der Waals surface area contributed by atoms with E-state index in [1.807, 2.05) is 27.7 Å². The third-order valence-electron chi connectivity index (χ3n) is 3.90. The maximum atomic E-state index is 13.4. The number of Topliss-reactive ketones (excluding diaryl/α,β-unsaturated/α-hetero) is 1. The predicted octanol–water partition coefficient (Wildman–Crippen LogP) is 3.07. The van der Waals surface area contributed by atoms with Crippen LogP contribution in [0, 0.1) is 5.82 Å². The van der Waals surface area contributed by atoms with Gasteiger partial charge in [0.25, 0.3) is 0 Å². The second-order valence-corrected chi connectivity index (χ2v) is 6.11. The first kappa shape index (κ1) is 15.9. The SMILES string of the molecule is CC(=O)c1nc(/C=C/B2OC(C)(C)C(C)(C)O2)ccc1F. The second kappa shape index (κ2) is 5.35. The van der Waals surface area contributed by atoms with Crippen molar-refractivity contribution in [2.75, 3.05) is 0 Å². The van der Waals surface area contributed by atoms with Crippen LogP contribution in [0.2, 0.25) is 0 Å². The number of carbonyl (C=O) groups is 1. The van der Waals surface area contributed by atoms with E-state index in [0.29, 0.717) is 5.69 Å². The minimum atomic E-state index is -0.615. The van der Waals surface area contributed by atoms with Gasteiger partial charge in [-0.15, -0.1) is 0 Å². The Morgan fingerprint density at radius 1 is 1.24 bits per heavy atom. The van der Waals surface area contributed by atoms with E-state index < -0.39 is 29.9 Å². The number of ketones is 1. The number of pyridine rings is 1. The number of hydrogen-bond acceptors (Lipinski definition) is 4. The molecule has 2 heterocycles. The largest absolute Gasteiger partial charge is 0.487 e. The zero-order valence-corrected chi connectivity index (χ0v) is 12.9. The molecule has 112 valence electrons. The number of halogens is 1. The van der Waals surface area contributed by atoms with Crippen LogP contribution in [-0.2, 0) is 9.31 Å². The Kier molecular flexibility index (Phi) is 4.04. The fourth-order valence-corrected chi connectivity index (χ4v) is 1.94. The van der Waals surface area contributed by atoms with Crippen LogP contribution in [0.3, 0.4) is 0 Å². The molecule has 2 rings (SSSR count). The van der Waals surface area contributed by atoms with Crippen molar-refractivity contribution >= 4 is 19.0 Å².